The maximum absolute atomic E-state index is 2.36. The first-order chi connectivity index (χ1) is 12.2. The van der Waals surface area contributed by atoms with E-state index in [2.05, 4.69) is 27.7 Å². The maximum atomic E-state index is 2.36. The van der Waals surface area contributed by atoms with Crippen molar-refractivity contribution in [3.05, 3.63) is 0 Å². The zero-order chi connectivity index (χ0) is 18.6. The van der Waals surface area contributed by atoms with E-state index in [-0.39, 0.29) is 0 Å². The normalized spacial score (nSPS) is 12.0. The molecular formula is C24H52Sb+. The first kappa shape index (κ1) is 25.8. The van der Waals surface area contributed by atoms with Gasteiger partial charge >= 0.3 is 167 Å². The molecular weight excluding hydrogens is 410 g/mol. The molecule has 0 aliphatic carbocycles. The van der Waals surface area contributed by atoms with Gasteiger partial charge in [-0.2, -0.15) is 0 Å². The van der Waals surface area contributed by atoms with Gasteiger partial charge in [0.15, 0.2) is 0 Å². The molecule has 0 aromatic carbocycles. The summed E-state index contributed by atoms with van der Waals surface area (Å²) in [5.74, 6) is 0. The van der Waals surface area contributed by atoms with Crippen molar-refractivity contribution in [3.8, 4) is 0 Å². The second-order valence-corrected chi connectivity index (χ2v) is 21.2. The molecule has 0 aliphatic heterocycles. The van der Waals surface area contributed by atoms with E-state index in [1.807, 2.05) is 0 Å². The molecule has 0 radical (unpaired) electrons. The Morgan fingerprint density at radius 1 is 0.320 bits per heavy atom. The van der Waals surface area contributed by atoms with Crippen LogP contribution < -0.4 is 0 Å². The molecule has 0 nitrogen and oxygen atoms in total. The van der Waals surface area contributed by atoms with Gasteiger partial charge in [-0.25, -0.2) is 0 Å². The standard InChI is InChI=1S/4C6H13.Sb/c4*1-3-5-6-4-2;/h4*1,3-6H2,2H3;/q;;;;+1. The van der Waals surface area contributed by atoms with Gasteiger partial charge in [0.1, 0.15) is 0 Å². The Morgan fingerprint density at radius 3 is 0.760 bits per heavy atom. The zero-order valence-corrected chi connectivity index (χ0v) is 21.1. The Labute approximate surface area is 166 Å². The van der Waals surface area contributed by atoms with Gasteiger partial charge in [0.2, 0.25) is 0 Å². The van der Waals surface area contributed by atoms with E-state index in [1.165, 1.54) is 77.0 Å². The number of hydrogen-bond acceptors (Lipinski definition) is 0. The molecule has 0 aliphatic rings. The average molecular weight is 462 g/mol. The molecule has 0 aromatic heterocycles. The monoisotopic (exact) mass is 461 g/mol. The van der Waals surface area contributed by atoms with Gasteiger partial charge in [0.05, 0.1) is 0 Å². The number of unbranched alkanes of at least 4 members (excludes halogenated alkanes) is 12. The Kier molecular flexibility index (Phi) is 20.2. The first-order valence-electron chi connectivity index (χ1n) is 12.1. The van der Waals surface area contributed by atoms with E-state index < -0.39 is 18.8 Å². The van der Waals surface area contributed by atoms with Gasteiger partial charge in [0.25, 0.3) is 0 Å². The molecule has 1 heteroatoms. The third-order valence-electron chi connectivity index (χ3n) is 5.94. The Hall–Kier alpha value is 0.818. The van der Waals surface area contributed by atoms with E-state index in [9.17, 15) is 0 Å². The molecule has 25 heavy (non-hydrogen) atoms. The van der Waals surface area contributed by atoms with Gasteiger partial charge in [-0.15, -0.1) is 0 Å². The molecule has 0 heterocycles. The van der Waals surface area contributed by atoms with E-state index >= 15 is 0 Å². The second-order valence-electron chi connectivity index (χ2n) is 8.48. The molecule has 0 fully saturated rings. The molecule has 0 atom stereocenters. The van der Waals surface area contributed by atoms with Crippen LogP contribution in [0.4, 0.5) is 0 Å². The quantitative estimate of drug-likeness (QED) is 0.125. The summed E-state index contributed by atoms with van der Waals surface area (Å²) in [5.41, 5.74) is 0. The molecule has 0 rings (SSSR count). The minimum absolute atomic E-state index is 1.39. The van der Waals surface area contributed by atoms with Crippen LogP contribution in [0.2, 0.25) is 17.5 Å². The summed E-state index contributed by atoms with van der Waals surface area (Å²) in [4.78, 5) is 0. The summed E-state index contributed by atoms with van der Waals surface area (Å²) >= 11 is -1.74. The van der Waals surface area contributed by atoms with Crippen molar-refractivity contribution >= 4 is 18.8 Å². The van der Waals surface area contributed by atoms with Crippen molar-refractivity contribution in [1.82, 2.24) is 0 Å². The fourth-order valence-electron chi connectivity index (χ4n) is 4.17. The van der Waals surface area contributed by atoms with Crippen molar-refractivity contribution in [2.24, 2.45) is 0 Å². The van der Waals surface area contributed by atoms with Gasteiger partial charge in [-0.1, -0.05) is 0 Å². The first-order valence-corrected chi connectivity index (χ1v) is 19.3. The van der Waals surface area contributed by atoms with Crippen LogP contribution in [0.3, 0.4) is 0 Å². The summed E-state index contributed by atoms with van der Waals surface area (Å²) in [7, 11) is 0. The Morgan fingerprint density at radius 2 is 0.560 bits per heavy atom. The third kappa shape index (κ3) is 15.6. The van der Waals surface area contributed by atoms with E-state index in [0.29, 0.717) is 0 Å². The summed E-state index contributed by atoms with van der Waals surface area (Å²) in [6.07, 6.45) is 23.9. The molecule has 0 spiro atoms. The zero-order valence-electron chi connectivity index (χ0n) is 18.6. The van der Waals surface area contributed by atoms with Gasteiger partial charge in [-0.3, -0.25) is 0 Å². The molecule has 0 bridgehead atoms. The van der Waals surface area contributed by atoms with Crippen LogP contribution >= 0.6 is 0 Å². The minimum atomic E-state index is -1.74. The topological polar surface area (TPSA) is 0 Å². The fraction of sp³-hybridized carbons (Fsp3) is 1.00. The predicted octanol–water partition coefficient (Wildman–Crippen LogP) is 9.76. The summed E-state index contributed by atoms with van der Waals surface area (Å²) < 4.78 is 6.90. The summed E-state index contributed by atoms with van der Waals surface area (Å²) in [6.45, 7) is 9.43. The second kappa shape index (κ2) is 19.6. The summed E-state index contributed by atoms with van der Waals surface area (Å²) in [6, 6.07) is 0. The molecule has 0 unspecified atom stereocenters. The fourth-order valence-corrected chi connectivity index (χ4v) is 18.2. The van der Waals surface area contributed by atoms with Crippen molar-refractivity contribution in [2.45, 2.75) is 148 Å². The average Bonchev–Trinajstić information content (AvgIpc) is 2.63. The van der Waals surface area contributed by atoms with E-state index in [0.717, 1.165) is 0 Å². The van der Waals surface area contributed by atoms with Crippen molar-refractivity contribution in [3.63, 3.8) is 0 Å². The van der Waals surface area contributed by atoms with Crippen LogP contribution in [0.1, 0.15) is 130 Å². The molecule has 0 saturated heterocycles. The molecule has 0 N–H and O–H groups in total. The van der Waals surface area contributed by atoms with E-state index in [4.69, 9.17) is 0 Å². The van der Waals surface area contributed by atoms with E-state index in [1.54, 1.807) is 43.2 Å². The molecule has 152 valence electrons. The Bertz CT molecular complexity index is 195. The number of hydrogen-bond donors (Lipinski definition) is 0. The molecule has 0 saturated carbocycles. The van der Waals surface area contributed by atoms with Crippen molar-refractivity contribution in [2.75, 3.05) is 0 Å². The van der Waals surface area contributed by atoms with Crippen LogP contribution in [0, 0.1) is 0 Å². The number of rotatable bonds is 20. The molecule has 0 amide bonds. The molecule has 0 aromatic rings. The SMILES string of the molecule is CCCCC[CH2][Sb+]([CH2]CCCCC)([CH2]CCCCC)[CH2]CCCCC. The van der Waals surface area contributed by atoms with Gasteiger partial charge in [0, 0.05) is 0 Å². The van der Waals surface area contributed by atoms with Crippen LogP contribution in [0.15, 0.2) is 0 Å². The van der Waals surface area contributed by atoms with Crippen LogP contribution in [-0.2, 0) is 0 Å². The van der Waals surface area contributed by atoms with Gasteiger partial charge in [-0.05, 0) is 0 Å². The third-order valence-corrected chi connectivity index (χ3v) is 20.4. The van der Waals surface area contributed by atoms with Crippen molar-refractivity contribution < 1.29 is 0 Å². The summed E-state index contributed by atoms with van der Waals surface area (Å²) in [5, 5.41) is 0. The van der Waals surface area contributed by atoms with Crippen LogP contribution in [0.25, 0.3) is 0 Å². The Balaban J connectivity index is 4.62. The van der Waals surface area contributed by atoms with Crippen molar-refractivity contribution in [1.29, 1.82) is 0 Å². The van der Waals surface area contributed by atoms with Crippen LogP contribution in [-0.4, -0.2) is 18.8 Å². The predicted molar refractivity (Wildman–Crippen MR) is 122 cm³/mol. The van der Waals surface area contributed by atoms with Gasteiger partial charge < -0.3 is 0 Å². The van der Waals surface area contributed by atoms with Crippen LogP contribution in [0.5, 0.6) is 0 Å².